The molecule has 5 nitrogen and oxygen atoms in total. The Balaban J connectivity index is 1.42. The van der Waals surface area contributed by atoms with Crippen molar-refractivity contribution in [2.45, 2.75) is 72.8 Å². The van der Waals surface area contributed by atoms with E-state index in [4.69, 9.17) is 5.11 Å². The van der Waals surface area contributed by atoms with E-state index in [1.54, 1.807) is 0 Å². The van der Waals surface area contributed by atoms with Crippen molar-refractivity contribution in [1.82, 2.24) is 4.40 Å². The maximum absolute atomic E-state index is 13.9. The van der Waals surface area contributed by atoms with E-state index in [1.807, 2.05) is 60.0 Å². The van der Waals surface area contributed by atoms with E-state index in [0.29, 0.717) is 35.9 Å². The van der Waals surface area contributed by atoms with Gasteiger partial charge in [0.2, 0.25) is 5.78 Å². The molecular weight excluding hydrogens is 568 g/mol. The molecule has 3 aromatic carbocycles. The lowest BCUT2D eigenvalue weighted by Crippen LogP contribution is -2.13. The molecule has 0 unspecified atom stereocenters. The summed E-state index contributed by atoms with van der Waals surface area (Å²) < 4.78 is 1.95. The predicted octanol–water partition coefficient (Wildman–Crippen LogP) is 9.48. The van der Waals surface area contributed by atoms with Crippen molar-refractivity contribution in [3.63, 3.8) is 0 Å². The third kappa shape index (κ3) is 7.77. The summed E-state index contributed by atoms with van der Waals surface area (Å²) in [6.07, 6.45) is 5.26. The van der Waals surface area contributed by atoms with Gasteiger partial charge in [0.05, 0.1) is 11.7 Å². The molecule has 2 heterocycles. The number of benzene rings is 3. The first-order chi connectivity index (χ1) is 22.1. The number of aryl methyl sites for hydroxylation is 1. The maximum atomic E-state index is 13.9. The van der Waals surface area contributed by atoms with Crippen molar-refractivity contribution in [1.29, 1.82) is 0 Å². The smallest absolute Gasteiger partial charge is 0.303 e. The molecule has 0 saturated carbocycles. The zero-order valence-electron chi connectivity index (χ0n) is 27.7. The van der Waals surface area contributed by atoms with Gasteiger partial charge in [-0.2, -0.15) is 0 Å². The number of fused-ring (bicyclic) bond motifs is 1. The highest BCUT2D eigenvalue weighted by atomic mass is 16.4. The van der Waals surface area contributed by atoms with Crippen LogP contribution < -0.4 is 5.32 Å². The SMILES string of the molecule is Cc1c(CCCC(=O)O)c2ccccn2c1C(=O)c1ccc(NC(c2ccc(CC(C)C)cc2)c2ccc(CC(C)C)cc2)cc1. The summed E-state index contributed by atoms with van der Waals surface area (Å²) in [4.78, 5) is 25.1. The van der Waals surface area contributed by atoms with Gasteiger partial charge in [0.15, 0.2) is 0 Å². The van der Waals surface area contributed by atoms with Crippen LogP contribution in [0.4, 0.5) is 5.69 Å². The summed E-state index contributed by atoms with van der Waals surface area (Å²) in [6.45, 7) is 10.9. The molecule has 5 heteroatoms. The summed E-state index contributed by atoms with van der Waals surface area (Å²) >= 11 is 0. The maximum Gasteiger partial charge on any atom is 0.303 e. The van der Waals surface area contributed by atoms with E-state index < -0.39 is 5.97 Å². The minimum absolute atomic E-state index is 0.0482. The van der Waals surface area contributed by atoms with E-state index in [9.17, 15) is 9.59 Å². The fourth-order valence-corrected chi connectivity index (χ4v) is 6.43. The molecule has 0 spiro atoms. The summed E-state index contributed by atoms with van der Waals surface area (Å²) in [7, 11) is 0. The Morgan fingerprint density at radius 1 is 0.761 bits per heavy atom. The second-order valence-corrected chi connectivity index (χ2v) is 13.3. The molecule has 2 N–H and O–H groups in total. The topological polar surface area (TPSA) is 70.8 Å². The van der Waals surface area contributed by atoms with Crippen LogP contribution in [-0.4, -0.2) is 21.3 Å². The normalized spacial score (nSPS) is 11.6. The van der Waals surface area contributed by atoms with Crippen molar-refractivity contribution < 1.29 is 14.7 Å². The van der Waals surface area contributed by atoms with E-state index in [-0.39, 0.29) is 18.2 Å². The number of carbonyl (C=O) groups is 2. The van der Waals surface area contributed by atoms with Crippen LogP contribution in [0.2, 0.25) is 0 Å². The highest BCUT2D eigenvalue weighted by Crippen LogP contribution is 2.30. The molecule has 5 rings (SSSR count). The van der Waals surface area contributed by atoms with Crippen molar-refractivity contribution in [3.8, 4) is 0 Å². The number of aromatic nitrogens is 1. The van der Waals surface area contributed by atoms with Gasteiger partial charge in [-0.15, -0.1) is 0 Å². The van der Waals surface area contributed by atoms with Crippen LogP contribution in [-0.2, 0) is 24.1 Å². The minimum Gasteiger partial charge on any atom is -0.481 e. The van der Waals surface area contributed by atoms with Crippen molar-refractivity contribution in [2.24, 2.45) is 11.8 Å². The molecule has 0 atom stereocenters. The van der Waals surface area contributed by atoms with Crippen LogP contribution in [0.25, 0.3) is 5.52 Å². The zero-order valence-corrected chi connectivity index (χ0v) is 27.7. The third-order valence-electron chi connectivity index (χ3n) is 8.62. The molecule has 5 aromatic rings. The largest absolute Gasteiger partial charge is 0.481 e. The number of hydrogen-bond donors (Lipinski definition) is 2. The van der Waals surface area contributed by atoms with E-state index in [0.717, 1.165) is 35.2 Å². The molecular formula is C41H46N2O3. The van der Waals surface area contributed by atoms with Gasteiger partial charge in [-0.1, -0.05) is 82.3 Å². The average Bonchev–Trinajstić information content (AvgIpc) is 3.31. The van der Waals surface area contributed by atoms with Crippen LogP contribution in [0.1, 0.15) is 96.0 Å². The molecule has 238 valence electrons. The Kier molecular flexibility index (Phi) is 10.4. The molecule has 2 aromatic heterocycles. The second kappa shape index (κ2) is 14.6. The highest BCUT2D eigenvalue weighted by Gasteiger charge is 2.22. The Hall–Kier alpha value is -4.64. The van der Waals surface area contributed by atoms with Crippen LogP contribution in [0.5, 0.6) is 0 Å². The molecule has 0 aliphatic heterocycles. The number of carbonyl (C=O) groups excluding carboxylic acids is 1. The number of pyridine rings is 1. The molecule has 0 aliphatic rings. The molecule has 46 heavy (non-hydrogen) atoms. The summed E-state index contributed by atoms with van der Waals surface area (Å²) in [6, 6.07) is 31.4. The van der Waals surface area contributed by atoms with Gasteiger partial charge < -0.3 is 14.8 Å². The van der Waals surface area contributed by atoms with E-state index in [1.165, 1.54) is 22.3 Å². The lowest BCUT2D eigenvalue weighted by Gasteiger charge is -2.22. The van der Waals surface area contributed by atoms with Crippen LogP contribution in [0.3, 0.4) is 0 Å². The Labute approximate surface area is 273 Å². The number of carboxylic acids is 1. The first-order valence-corrected chi connectivity index (χ1v) is 16.5. The van der Waals surface area contributed by atoms with E-state index in [2.05, 4.69) is 81.5 Å². The number of rotatable bonds is 14. The molecule has 0 fully saturated rings. The van der Waals surface area contributed by atoms with Crippen molar-refractivity contribution >= 4 is 23.0 Å². The number of ketones is 1. The first-order valence-electron chi connectivity index (χ1n) is 16.5. The number of nitrogens with zero attached hydrogens (tertiary/aromatic N) is 1. The van der Waals surface area contributed by atoms with Gasteiger partial charge in [-0.3, -0.25) is 9.59 Å². The molecule has 0 bridgehead atoms. The fourth-order valence-electron chi connectivity index (χ4n) is 6.43. The van der Waals surface area contributed by atoms with Gasteiger partial charge in [-0.05, 0) is 114 Å². The molecule has 0 saturated heterocycles. The highest BCUT2D eigenvalue weighted by molar-refractivity contribution is 6.10. The number of carboxylic acid groups (broad SMARTS) is 1. The summed E-state index contributed by atoms with van der Waals surface area (Å²) in [5.74, 6) is 0.352. The number of nitrogens with one attached hydrogen (secondary N) is 1. The third-order valence-corrected chi connectivity index (χ3v) is 8.62. The van der Waals surface area contributed by atoms with Gasteiger partial charge in [-0.25, -0.2) is 0 Å². The molecule has 0 radical (unpaired) electrons. The first kappa shape index (κ1) is 32.7. The minimum atomic E-state index is -0.806. The van der Waals surface area contributed by atoms with Gasteiger partial charge in [0, 0.05) is 29.4 Å². The standard InChI is InChI=1S/C41H46N2O3/c1-27(2)25-30-12-16-32(17-13-30)39(33-18-14-31(15-19-33)26-28(3)4)42-35-22-20-34(21-23-35)41(46)40-29(5)36(9-8-11-38(44)45)37-10-6-7-24-43(37)40/h6-7,10,12-24,27-28,39,42H,8-9,11,25-26H2,1-5H3,(H,44,45). The quantitative estimate of drug-likeness (QED) is 0.122. The van der Waals surface area contributed by atoms with E-state index >= 15 is 0 Å². The van der Waals surface area contributed by atoms with Crippen LogP contribution >= 0.6 is 0 Å². The Morgan fingerprint density at radius 2 is 1.33 bits per heavy atom. The van der Waals surface area contributed by atoms with Crippen molar-refractivity contribution in [2.75, 3.05) is 5.32 Å². The van der Waals surface area contributed by atoms with Gasteiger partial charge >= 0.3 is 5.97 Å². The fraction of sp³-hybridized carbons (Fsp3) is 0.317. The zero-order chi connectivity index (χ0) is 32.8. The second-order valence-electron chi connectivity index (χ2n) is 13.3. The van der Waals surface area contributed by atoms with Gasteiger partial charge in [0.25, 0.3) is 0 Å². The number of hydrogen-bond acceptors (Lipinski definition) is 3. The van der Waals surface area contributed by atoms with Crippen LogP contribution in [0, 0.1) is 18.8 Å². The molecule has 0 aliphatic carbocycles. The summed E-state index contributed by atoms with van der Waals surface area (Å²) in [5, 5.41) is 12.9. The average molecular weight is 615 g/mol. The lowest BCUT2D eigenvalue weighted by molar-refractivity contribution is -0.137. The predicted molar refractivity (Wildman–Crippen MR) is 188 cm³/mol. The number of aliphatic carboxylic acids is 1. The lowest BCUT2D eigenvalue weighted by atomic mass is 9.93. The Morgan fingerprint density at radius 3 is 1.85 bits per heavy atom. The van der Waals surface area contributed by atoms with Crippen LogP contribution in [0.15, 0.2) is 97.2 Å². The molecule has 0 amide bonds. The Bertz CT molecular complexity index is 1730. The van der Waals surface area contributed by atoms with Crippen molar-refractivity contribution in [3.05, 3.63) is 142 Å². The monoisotopic (exact) mass is 614 g/mol. The number of anilines is 1. The summed E-state index contributed by atoms with van der Waals surface area (Å²) in [5.41, 5.74) is 10.1. The van der Waals surface area contributed by atoms with Gasteiger partial charge in [0.1, 0.15) is 0 Å².